The quantitative estimate of drug-likeness (QED) is 0.211. The molecular formula is C34H36N8O4. The lowest BCUT2D eigenvalue weighted by molar-refractivity contribution is -0.119. The minimum absolute atomic E-state index is 0.0323. The van der Waals surface area contributed by atoms with E-state index in [4.69, 9.17) is 11.5 Å². The second-order valence-electron chi connectivity index (χ2n) is 11.7. The number of primary amides is 2. The molecule has 2 unspecified atom stereocenters. The first kappa shape index (κ1) is 32.1. The van der Waals surface area contributed by atoms with Gasteiger partial charge in [0.05, 0.1) is 33.9 Å². The fourth-order valence-corrected chi connectivity index (χ4v) is 5.63. The van der Waals surface area contributed by atoms with Crippen LogP contribution in [0.25, 0.3) is 0 Å². The smallest absolute Gasteiger partial charge is 0.250 e. The molecule has 0 radical (unpaired) electrons. The molecule has 2 atom stereocenters. The summed E-state index contributed by atoms with van der Waals surface area (Å²) in [5.74, 6) is -0.509. The molecule has 4 heterocycles. The van der Waals surface area contributed by atoms with Gasteiger partial charge in [0.1, 0.15) is 11.6 Å². The number of nitrogens with two attached hydrogens (primary N) is 2. The highest BCUT2D eigenvalue weighted by molar-refractivity contribution is 5.93. The number of aromatic nitrogens is 6. The Morgan fingerprint density at radius 1 is 0.587 bits per heavy atom. The van der Waals surface area contributed by atoms with Crippen molar-refractivity contribution < 1.29 is 19.2 Å². The molecular weight excluding hydrogens is 584 g/mol. The molecule has 4 aromatic heterocycles. The van der Waals surface area contributed by atoms with E-state index in [0.29, 0.717) is 48.2 Å². The molecule has 5 rings (SSSR count). The third kappa shape index (κ3) is 8.90. The topological polar surface area (TPSA) is 198 Å². The lowest BCUT2D eigenvalue weighted by Gasteiger charge is -2.28. The first-order chi connectivity index (χ1) is 22.2. The highest BCUT2D eigenvalue weighted by atomic mass is 16.1. The number of rotatable bonds is 14. The third-order valence-corrected chi connectivity index (χ3v) is 8.29. The average molecular weight is 621 g/mol. The van der Waals surface area contributed by atoms with Gasteiger partial charge in [-0.15, -0.1) is 0 Å². The highest BCUT2D eigenvalue weighted by Gasteiger charge is 2.27. The van der Waals surface area contributed by atoms with Gasteiger partial charge in [-0.3, -0.25) is 29.1 Å². The molecule has 0 bridgehead atoms. The van der Waals surface area contributed by atoms with E-state index in [1.54, 1.807) is 24.3 Å². The highest BCUT2D eigenvalue weighted by Crippen LogP contribution is 2.39. The summed E-state index contributed by atoms with van der Waals surface area (Å²) in [6.45, 7) is 0. The maximum Gasteiger partial charge on any atom is 0.250 e. The number of hydrogen-bond donors (Lipinski definition) is 2. The molecule has 4 N–H and O–H groups in total. The summed E-state index contributed by atoms with van der Waals surface area (Å²) in [4.78, 5) is 55.6. The predicted molar refractivity (Wildman–Crippen MR) is 168 cm³/mol. The maximum atomic E-state index is 12.5. The second kappa shape index (κ2) is 15.2. The van der Waals surface area contributed by atoms with Crippen molar-refractivity contribution in [2.24, 2.45) is 11.5 Å². The Morgan fingerprint density at radius 3 is 1.37 bits per heavy atom. The molecule has 0 aliphatic heterocycles. The number of aryl methyl sites for hydroxylation is 2. The molecule has 0 saturated heterocycles. The molecule has 12 heteroatoms. The van der Waals surface area contributed by atoms with Gasteiger partial charge in [0.15, 0.2) is 0 Å². The van der Waals surface area contributed by atoms with E-state index in [1.165, 1.54) is 12.4 Å². The van der Waals surface area contributed by atoms with Crippen LogP contribution < -0.4 is 11.5 Å². The van der Waals surface area contributed by atoms with Gasteiger partial charge in [0.25, 0.3) is 0 Å². The van der Waals surface area contributed by atoms with Crippen molar-refractivity contribution in [3.63, 3.8) is 0 Å². The maximum absolute atomic E-state index is 12.5. The summed E-state index contributed by atoms with van der Waals surface area (Å²) in [6.07, 6.45) is 8.78. The number of hydrogen-bond acceptors (Lipinski definition) is 10. The second-order valence-corrected chi connectivity index (χ2v) is 11.7. The molecule has 1 saturated carbocycles. The Labute approximate surface area is 266 Å². The Kier molecular flexibility index (Phi) is 10.6. The first-order valence-corrected chi connectivity index (χ1v) is 15.4. The summed E-state index contributed by atoms with van der Waals surface area (Å²) in [7, 11) is 0. The van der Waals surface area contributed by atoms with Crippen LogP contribution in [0, 0.1) is 0 Å². The standard InChI is InChI=1S/C34H36N8O4/c35-33(45)23-4-6-27(37-19-23)17-29(43)12-8-25-10-14-31(41-39-25)21-2-1-3-22(16-21)32-15-11-26(40-42-32)9-13-30(44)18-28-7-5-24(20-38-28)34(36)46/h4-7,10-11,14-15,19-22H,1-3,8-9,12-13,16-18H2,(H2,35,45)(H2,36,46). The first-order valence-electron chi connectivity index (χ1n) is 15.4. The van der Waals surface area contributed by atoms with Gasteiger partial charge in [-0.2, -0.15) is 20.4 Å². The fraction of sp³-hybridized carbons (Fsp3) is 0.353. The Bertz CT molecular complexity index is 1550. The van der Waals surface area contributed by atoms with Crippen molar-refractivity contribution in [1.82, 2.24) is 30.4 Å². The normalized spacial score (nSPS) is 16.1. The Balaban J connectivity index is 1.07. The molecule has 46 heavy (non-hydrogen) atoms. The summed E-state index contributed by atoms with van der Waals surface area (Å²) in [6, 6.07) is 14.3. The Morgan fingerprint density at radius 2 is 1.02 bits per heavy atom. The van der Waals surface area contributed by atoms with Gasteiger partial charge in [-0.25, -0.2) is 0 Å². The summed E-state index contributed by atoms with van der Waals surface area (Å²) >= 11 is 0. The van der Waals surface area contributed by atoms with Gasteiger partial charge in [0, 0.05) is 61.3 Å². The van der Waals surface area contributed by atoms with Gasteiger partial charge in [-0.05, 0) is 80.6 Å². The molecule has 236 valence electrons. The molecule has 1 aliphatic rings. The van der Waals surface area contributed by atoms with Crippen molar-refractivity contribution in [1.29, 1.82) is 0 Å². The predicted octanol–water partition coefficient (Wildman–Crippen LogP) is 3.18. The Hall–Kier alpha value is -5.26. The minimum Gasteiger partial charge on any atom is -0.366 e. The van der Waals surface area contributed by atoms with Crippen molar-refractivity contribution in [3.05, 3.63) is 106 Å². The summed E-state index contributed by atoms with van der Waals surface area (Å²) in [5.41, 5.74) is 15.7. The zero-order valence-corrected chi connectivity index (χ0v) is 25.5. The number of carbonyl (C=O) groups excluding carboxylic acids is 4. The molecule has 0 spiro atoms. The average Bonchev–Trinajstić information content (AvgIpc) is 3.07. The molecule has 4 aromatic rings. The fourth-order valence-electron chi connectivity index (χ4n) is 5.63. The van der Waals surface area contributed by atoms with Crippen molar-refractivity contribution in [2.45, 2.75) is 76.0 Å². The molecule has 12 nitrogen and oxygen atoms in total. The van der Waals surface area contributed by atoms with Crippen LogP contribution in [0.5, 0.6) is 0 Å². The van der Waals surface area contributed by atoms with E-state index < -0.39 is 11.8 Å². The molecule has 1 fully saturated rings. The molecule has 1 aliphatic carbocycles. The van der Waals surface area contributed by atoms with Crippen LogP contribution >= 0.6 is 0 Å². The number of nitrogens with zero attached hydrogens (tertiary/aromatic N) is 6. The molecule has 2 amide bonds. The number of ketones is 2. The van der Waals surface area contributed by atoms with E-state index in [9.17, 15) is 19.2 Å². The zero-order chi connectivity index (χ0) is 32.5. The summed E-state index contributed by atoms with van der Waals surface area (Å²) < 4.78 is 0. The van der Waals surface area contributed by atoms with Crippen molar-refractivity contribution in [2.75, 3.05) is 0 Å². The monoisotopic (exact) mass is 620 g/mol. The third-order valence-electron chi connectivity index (χ3n) is 8.29. The minimum atomic E-state index is -0.552. The van der Waals surface area contributed by atoms with Gasteiger partial charge >= 0.3 is 0 Å². The number of amides is 2. The number of pyridine rings is 2. The zero-order valence-electron chi connectivity index (χ0n) is 25.5. The van der Waals surface area contributed by atoms with Crippen molar-refractivity contribution in [3.8, 4) is 0 Å². The molecule has 0 aromatic carbocycles. The van der Waals surface area contributed by atoms with E-state index in [0.717, 1.165) is 48.5 Å². The van der Waals surface area contributed by atoms with Gasteiger partial charge in [-0.1, -0.05) is 6.42 Å². The van der Waals surface area contributed by atoms with Crippen LogP contribution in [0.4, 0.5) is 0 Å². The largest absolute Gasteiger partial charge is 0.366 e. The van der Waals surface area contributed by atoms with E-state index in [1.807, 2.05) is 24.3 Å². The van der Waals surface area contributed by atoms with Crippen LogP contribution in [0.1, 0.15) is 105 Å². The summed E-state index contributed by atoms with van der Waals surface area (Å²) in [5, 5.41) is 17.8. The van der Waals surface area contributed by atoms with Crippen LogP contribution in [0.2, 0.25) is 0 Å². The lowest BCUT2D eigenvalue weighted by atomic mass is 9.78. The van der Waals surface area contributed by atoms with E-state index in [2.05, 4.69) is 30.4 Å². The van der Waals surface area contributed by atoms with Crippen molar-refractivity contribution >= 4 is 23.4 Å². The number of Topliss-reactive ketones (excluding diaryl/α,β-unsaturated/α-hetero) is 2. The SMILES string of the molecule is NC(=O)c1ccc(CC(=O)CCc2ccc(C3CCCC(c4ccc(CCC(=O)Cc5ccc(C(N)=O)cn5)nn4)C3)nn2)nc1. The van der Waals surface area contributed by atoms with Gasteiger partial charge in [0.2, 0.25) is 11.8 Å². The lowest BCUT2D eigenvalue weighted by Crippen LogP contribution is -2.16. The van der Waals surface area contributed by atoms with E-state index >= 15 is 0 Å². The van der Waals surface area contributed by atoms with Crippen LogP contribution in [0.3, 0.4) is 0 Å². The number of carbonyl (C=O) groups is 4. The van der Waals surface area contributed by atoms with E-state index in [-0.39, 0.29) is 36.2 Å². The van der Waals surface area contributed by atoms with Gasteiger partial charge < -0.3 is 11.5 Å². The van der Waals surface area contributed by atoms with Crippen LogP contribution in [-0.2, 0) is 35.3 Å². The van der Waals surface area contributed by atoms with Crippen LogP contribution in [-0.4, -0.2) is 53.7 Å². The van der Waals surface area contributed by atoms with Crippen LogP contribution in [0.15, 0.2) is 60.9 Å².